The number of carbonyl (C=O) groups excluding carboxylic acids is 4. The predicted octanol–water partition coefficient (Wildman–Crippen LogP) is 2.89. The van der Waals surface area contributed by atoms with Gasteiger partial charge in [0, 0.05) is 55.6 Å². The van der Waals surface area contributed by atoms with Gasteiger partial charge >= 0.3 is 0 Å². The second kappa shape index (κ2) is 9.45. The van der Waals surface area contributed by atoms with Gasteiger partial charge in [-0.25, -0.2) is 0 Å². The lowest BCUT2D eigenvalue weighted by Crippen LogP contribution is -2.43. The van der Waals surface area contributed by atoms with Gasteiger partial charge in [-0.1, -0.05) is 0 Å². The summed E-state index contributed by atoms with van der Waals surface area (Å²) in [5.74, 6) is 0.0289. The molecule has 28 heavy (non-hydrogen) atoms. The van der Waals surface area contributed by atoms with Crippen LogP contribution in [0.2, 0.25) is 0 Å². The van der Waals surface area contributed by atoms with Gasteiger partial charge in [0.15, 0.2) is 5.78 Å². The quantitative estimate of drug-likeness (QED) is 0.642. The molecule has 0 radical (unpaired) electrons. The van der Waals surface area contributed by atoms with Crippen molar-refractivity contribution in [3.63, 3.8) is 0 Å². The number of aryl methyl sites for hydroxylation is 1. The fourth-order valence-electron chi connectivity index (χ4n) is 3.43. The Bertz CT molecular complexity index is 745. The van der Waals surface area contributed by atoms with Gasteiger partial charge in [0.25, 0.3) is 0 Å². The zero-order valence-electron chi connectivity index (χ0n) is 16.4. The molecular formula is C21H28N2O4S. The molecule has 0 atom stereocenters. The Kier molecular flexibility index (Phi) is 6.99. The number of rotatable bonds is 9. The molecular weight excluding hydrogens is 376 g/mol. The summed E-state index contributed by atoms with van der Waals surface area (Å²) in [6.07, 6.45) is 4.29. The fraction of sp³-hybridized carbons (Fsp3) is 0.619. The Morgan fingerprint density at radius 2 is 1.68 bits per heavy atom. The van der Waals surface area contributed by atoms with Crippen LogP contribution in [0.1, 0.15) is 65.9 Å². The zero-order valence-corrected chi connectivity index (χ0v) is 17.2. The van der Waals surface area contributed by atoms with Gasteiger partial charge in [-0.2, -0.15) is 0 Å². The van der Waals surface area contributed by atoms with Crippen molar-refractivity contribution in [3.8, 4) is 0 Å². The average molecular weight is 405 g/mol. The molecule has 1 aromatic rings. The van der Waals surface area contributed by atoms with Crippen molar-refractivity contribution in [2.75, 3.05) is 13.1 Å². The first-order chi connectivity index (χ1) is 13.4. The fourth-order valence-corrected chi connectivity index (χ4v) is 4.26. The third-order valence-electron chi connectivity index (χ3n) is 5.41. The Hall–Kier alpha value is -2.02. The summed E-state index contributed by atoms with van der Waals surface area (Å²) in [6, 6.07) is 4.07. The van der Waals surface area contributed by atoms with E-state index in [4.69, 9.17) is 0 Å². The number of piperidine rings is 1. The van der Waals surface area contributed by atoms with Crippen LogP contribution in [0.25, 0.3) is 0 Å². The van der Waals surface area contributed by atoms with Crippen LogP contribution in [0.15, 0.2) is 12.1 Å². The number of ketones is 2. The van der Waals surface area contributed by atoms with Crippen LogP contribution >= 0.6 is 11.3 Å². The van der Waals surface area contributed by atoms with Gasteiger partial charge in [-0.15, -0.1) is 11.3 Å². The second-order valence-corrected chi connectivity index (χ2v) is 9.10. The molecule has 3 rings (SSSR count). The highest BCUT2D eigenvalue weighted by molar-refractivity contribution is 7.14. The topological polar surface area (TPSA) is 83.6 Å². The summed E-state index contributed by atoms with van der Waals surface area (Å²) in [5, 5.41) is 3.03. The Balaban J connectivity index is 1.32. The highest BCUT2D eigenvalue weighted by Gasteiger charge is 2.31. The van der Waals surface area contributed by atoms with E-state index in [0.717, 1.165) is 17.7 Å². The Morgan fingerprint density at radius 1 is 1.00 bits per heavy atom. The van der Waals surface area contributed by atoms with Gasteiger partial charge in [-0.3, -0.25) is 19.2 Å². The third kappa shape index (κ3) is 5.99. The molecule has 152 valence electrons. The molecule has 2 heterocycles. The van der Waals surface area contributed by atoms with Crippen molar-refractivity contribution in [2.45, 2.75) is 64.3 Å². The first-order valence-corrected chi connectivity index (χ1v) is 10.9. The minimum Gasteiger partial charge on any atom is -0.353 e. The number of nitrogens with zero attached hydrogens (tertiary/aromatic N) is 1. The number of thiophene rings is 1. The van der Waals surface area contributed by atoms with E-state index in [9.17, 15) is 19.2 Å². The molecule has 7 heteroatoms. The van der Waals surface area contributed by atoms with E-state index < -0.39 is 0 Å². The SMILES string of the molecule is Cc1ccc(C(=O)CCC(=O)CCC(=O)N2CCC(C(=O)NC3CC3)CC2)s1. The van der Waals surface area contributed by atoms with Crippen molar-refractivity contribution in [3.05, 3.63) is 21.9 Å². The van der Waals surface area contributed by atoms with Crippen LogP contribution in [0.4, 0.5) is 0 Å². The largest absolute Gasteiger partial charge is 0.353 e. The molecule has 6 nitrogen and oxygen atoms in total. The Morgan fingerprint density at radius 3 is 2.29 bits per heavy atom. The molecule has 0 aromatic carbocycles. The number of hydrogen-bond acceptors (Lipinski definition) is 5. The molecule has 1 saturated heterocycles. The first kappa shape index (κ1) is 20.7. The van der Waals surface area contributed by atoms with Crippen LogP contribution in [0, 0.1) is 12.8 Å². The number of carbonyl (C=O) groups is 4. The van der Waals surface area contributed by atoms with Crippen molar-refractivity contribution < 1.29 is 19.2 Å². The highest BCUT2D eigenvalue weighted by Crippen LogP contribution is 2.23. The average Bonchev–Trinajstić information content (AvgIpc) is 3.40. The zero-order chi connectivity index (χ0) is 20.1. The van der Waals surface area contributed by atoms with Gasteiger partial charge in [0.05, 0.1) is 4.88 Å². The third-order valence-corrected chi connectivity index (χ3v) is 6.45. The maximum atomic E-state index is 12.3. The maximum absolute atomic E-state index is 12.3. The lowest BCUT2D eigenvalue weighted by molar-refractivity contribution is -0.136. The summed E-state index contributed by atoms with van der Waals surface area (Å²) in [4.78, 5) is 52.1. The Labute approximate surface area is 169 Å². The number of amides is 2. The summed E-state index contributed by atoms with van der Waals surface area (Å²) < 4.78 is 0. The monoisotopic (exact) mass is 404 g/mol. The smallest absolute Gasteiger partial charge is 0.223 e. The van der Waals surface area contributed by atoms with E-state index >= 15 is 0 Å². The van der Waals surface area contributed by atoms with E-state index in [1.165, 1.54) is 11.3 Å². The van der Waals surface area contributed by atoms with E-state index in [1.807, 2.05) is 13.0 Å². The van der Waals surface area contributed by atoms with Crippen molar-refractivity contribution in [1.29, 1.82) is 0 Å². The van der Waals surface area contributed by atoms with Crippen LogP contribution in [0.3, 0.4) is 0 Å². The van der Waals surface area contributed by atoms with Crippen LogP contribution in [-0.2, 0) is 14.4 Å². The predicted molar refractivity (Wildman–Crippen MR) is 107 cm³/mol. The first-order valence-electron chi connectivity index (χ1n) is 10.1. The molecule has 0 spiro atoms. The van der Waals surface area contributed by atoms with Gasteiger partial charge in [-0.05, 0) is 44.7 Å². The van der Waals surface area contributed by atoms with Gasteiger partial charge in [0.1, 0.15) is 5.78 Å². The molecule has 1 aliphatic carbocycles. The summed E-state index contributed by atoms with van der Waals surface area (Å²) in [7, 11) is 0. The summed E-state index contributed by atoms with van der Waals surface area (Å²) in [6.45, 7) is 3.10. The molecule has 2 fully saturated rings. The van der Waals surface area contributed by atoms with E-state index in [0.29, 0.717) is 36.9 Å². The second-order valence-electron chi connectivity index (χ2n) is 7.81. The molecule has 1 aliphatic heterocycles. The van der Waals surface area contributed by atoms with Crippen molar-refractivity contribution in [1.82, 2.24) is 10.2 Å². The summed E-state index contributed by atoms with van der Waals surface area (Å²) in [5.41, 5.74) is 0. The highest BCUT2D eigenvalue weighted by atomic mass is 32.1. The minimum atomic E-state index is -0.0475. The number of hydrogen-bond donors (Lipinski definition) is 1. The lowest BCUT2D eigenvalue weighted by Gasteiger charge is -2.31. The van der Waals surface area contributed by atoms with Crippen molar-refractivity contribution in [2.24, 2.45) is 5.92 Å². The standard InChI is InChI=1S/C21H28N2O4S/c1-14-2-8-19(28-14)18(25)7-5-17(24)6-9-20(26)23-12-10-15(11-13-23)21(27)22-16-3-4-16/h2,8,15-16H,3-7,9-13H2,1H3,(H,22,27). The lowest BCUT2D eigenvalue weighted by atomic mass is 9.95. The van der Waals surface area contributed by atoms with E-state index in [1.54, 1.807) is 11.0 Å². The molecule has 2 amide bonds. The van der Waals surface area contributed by atoms with Crippen LogP contribution in [-0.4, -0.2) is 47.4 Å². The van der Waals surface area contributed by atoms with Crippen LogP contribution < -0.4 is 5.32 Å². The van der Waals surface area contributed by atoms with Crippen molar-refractivity contribution >= 4 is 34.7 Å². The maximum Gasteiger partial charge on any atom is 0.223 e. The molecule has 1 N–H and O–H groups in total. The molecule has 0 unspecified atom stereocenters. The number of Topliss-reactive ketones (excluding diaryl/α,β-unsaturated/α-hetero) is 2. The van der Waals surface area contributed by atoms with Gasteiger partial charge in [0.2, 0.25) is 11.8 Å². The van der Waals surface area contributed by atoms with Crippen LogP contribution in [0.5, 0.6) is 0 Å². The van der Waals surface area contributed by atoms with E-state index in [2.05, 4.69) is 5.32 Å². The number of nitrogens with one attached hydrogen (secondary N) is 1. The summed E-state index contributed by atoms with van der Waals surface area (Å²) >= 11 is 1.44. The molecule has 0 bridgehead atoms. The molecule has 1 saturated carbocycles. The van der Waals surface area contributed by atoms with Gasteiger partial charge < -0.3 is 10.2 Å². The minimum absolute atomic E-state index is 0.00168. The van der Waals surface area contributed by atoms with E-state index in [-0.39, 0.29) is 55.0 Å². The molecule has 2 aliphatic rings. The number of likely N-dealkylation sites (tertiary alicyclic amines) is 1. The molecule has 1 aromatic heterocycles. The normalized spacial score (nSPS) is 17.4.